The Morgan fingerprint density at radius 3 is 2.54 bits per heavy atom. The molecule has 1 aliphatic rings. The monoisotopic (exact) mass is 421 g/mol. The Hall–Kier alpha value is -2.59. The first-order valence-corrected chi connectivity index (χ1v) is 11.3. The Labute approximate surface area is 166 Å². The van der Waals surface area contributed by atoms with Crippen LogP contribution in [-0.2, 0) is 19.5 Å². The molecule has 10 heteroatoms. The van der Waals surface area contributed by atoms with Gasteiger partial charge in [0.15, 0.2) is 27.0 Å². The van der Waals surface area contributed by atoms with Crippen LogP contribution in [0.25, 0.3) is 0 Å². The van der Waals surface area contributed by atoms with Crippen LogP contribution in [0.3, 0.4) is 0 Å². The number of carbonyl (C=O) groups excluding carboxylic acids is 2. The fraction of sp³-hybridized carbons (Fsp3) is 0.333. The molecule has 2 aromatic rings. The normalized spacial score (nSPS) is 15.4. The van der Waals surface area contributed by atoms with Crippen molar-refractivity contribution < 1.29 is 22.8 Å². The molecule has 0 aliphatic heterocycles. The molecule has 28 heavy (non-hydrogen) atoms. The number of aldehydes is 1. The molecule has 1 heterocycles. The van der Waals surface area contributed by atoms with Crippen molar-refractivity contribution in [3.05, 3.63) is 40.9 Å². The molecule has 1 amide bonds. The lowest BCUT2D eigenvalue weighted by atomic mass is 10.1. The van der Waals surface area contributed by atoms with E-state index in [0.29, 0.717) is 16.7 Å². The maximum Gasteiger partial charge on any atom is 0.280 e. The standard InChI is InChI=1S/C18H19N3O5S2/c1-28(24,25)15-8-6-12(7-9-15)16(21-26-13-4-2-3-5-13)17(23)20-18-19-10-14(11-22)27-18/h6-11,13H,2-5H2,1H3,(H,19,20,23)/b21-16+. The zero-order chi connectivity index (χ0) is 20.1. The second-order valence-electron chi connectivity index (χ2n) is 6.39. The van der Waals surface area contributed by atoms with Crippen LogP contribution in [0.1, 0.15) is 40.9 Å². The second kappa shape index (κ2) is 8.61. The molecule has 1 saturated carbocycles. The van der Waals surface area contributed by atoms with Gasteiger partial charge in [-0.3, -0.25) is 14.9 Å². The Kier molecular flexibility index (Phi) is 6.20. The summed E-state index contributed by atoms with van der Waals surface area (Å²) in [7, 11) is -3.35. The molecule has 148 valence electrons. The molecule has 0 bridgehead atoms. The van der Waals surface area contributed by atoms with E-state index in [9.17, 15) is 18.0 Å². The van der Waals surface area contributed by atoms with Crippen LogP contribution in [0.4, 0.5) is 5.13 Å². The number of nitrogens with one attached hydrogen (secondary N) is 1. The first-order valence-electron chi connectivity index (χ1n) is 8.63. The molecule has 0 unspecified atom stereocenters. The van der Waals surface area contributed by atoms with E-state index in [4.69, 9.17) is 4.84 Å². The number of amides is 1. The van der Waals surface area contributed by atoms with Gasteiger partial charge >= 0.3 is 0 Å². The lowest BCUT2D eigenvalue weighted by molar-refractivity contribution is -0.110. The van der Waals surface area contributed by atoms with E-state index in [1.165, 1.54) is 30.5 Å². The smallest absolute Gasteiger partial charge is 0.280 e. The summed E-state index contributed by atoms with van der Waals surface area (Å²) in [5, 5.41) is 6.91. The van der Waals surface area contributed by atoms with Gasteiger partial charge < -0.3 is 4.84 Å². The molecule has 0 spiro atoms. The van der Waals surface area contributed by atoms with Crippen molar-refractivity contribution in [2.24, 2.45) is 5.16 Å². The highest BCUT2D eigenvalue weighted by atomic mass is 32.2. The van der Waals surface area contributed by atoms with Crippen molar-refractivity contribution in [1.29, 1.82) is 0 Å². The summed E-state index contributed by atoms with van der Waals surface area (Å²) in [4.78, 5) is 33.6. The van der Waals surface area contributed by atoms with Crippen LogP contribution in [0.5, 0.6) is 0 Å². The van der Waals surface area contributed by atoms with Crippen molar-refractivity contribution >= 4 is 44.2 Å². The highest BCUT2D eigenvalue weighted by Crippen LogP contribution is 2.22. The quantitative estimate of drug-likeness (QED) is 0.418. The molecule has 1 fully saturated rings. The van der Waals surface area contributed by atoms with Crippen LogP contribution >= 0.6 is 11.3 Å². The zero-order valence-corrected chi connectivity index (χ0v) is 16.8. The van der Waals surface area contributed by atoms with Gasteiger partial charge in [0.2, 0.25) is 0 Å². The summed E-state index contributed by atoms with van der Waals surface area (Å²) in [5.41, 5.74) is 0.421. The fourth-order valence-corrected chi connectivity index (χ4v) is 4.02. The van der Waals surface area contributed by atoms with Crippen LogP contribution in [0, 0.1) is 0 Å². The van der Waals surface area contributed by atoms with E-state index >= 15 is 0 Å². The van der Waals surface area contributed by atoms with E-state index in [2.05, 4.69) is 15.5 Å². The van der Waals surface area contributed by atoms with Crippen molar-refractivity contribution in [1.82, 2.24) is 4.98 Å². The molecule has 0 radical (unpaired) electrons. The third kappa shape index (κ3) is 5.02. The van der Waals surface area contributed by atoms with Crippen molar-refractivity contribution in [2.45, 2.75) is 36.7 Å². The highest BCUT2D eigenvalue weighted by Gasteiger charge is 2.21. The number of oxime groups is 1. The number of rotatable bonds is 7. The van der Waals surface area contributed by atoms with Crippen LogP contribution in [0.15, 0.2) is 40.5 Å². The Balaban J connectivity index is 1.86. The lowest BCUT2D eigenvalue weighted by Crippen LogP contribution is -2.25. The zero-order valence-electron chi connectivity index (χ0n) is 15.1. The molecular weight excluding hydrogens is 402 g/mol. The minimum atomic E-state index is -3.35. The van der Waals surface area contributed by atoms with Gasteiger partial charge in [-0.15, -0.1) is 0 Å². The molecule has 0 atom stereocenters. The summed E-state index contributed by atoms with van der Waals surface area (Å²) in [6.07, 6.45) is 6.94. The lowest BCUT2D eigenvalue weighted by Gasteiger charge is -2.10. The van der Waals surface area contributed by atoms with E-state index in [0.717, 1.165) is 43.3 Å². The first-order chi connectivity index (χ1) is 13.4. The van der Waals surface area contributed by atoms with Crippen LogP contribution < -0.4 is 5.32 Å². The second-order valence-corrected chi connectivity index (χ2v) is 9.47. The van der Waals surface area contributed by atoms with Gasteiger partial charge in [-0.2, -0.15) is 0 Å². The van der Waals surface area contributed by atoms with Gasteiger partial charge in [0, 0.05) is 11.8 Å². The predicted octanol–water partition coefficient (Wildman–Crippen LogP) is 2.66. The molecule has 1 aromatic heterocycles. The minimum Gasteiger partial charge on any atom is -0.392 e. The number of hydrogen-bond donors (Lipinski definition) is 1. The predicted molar refractivity (Wildman–Crippen MR) is 106 cm³/mol. The van der Waals surface area contributed by atoms with E-state index in [-0.39, 0.29) is 21.8 Å². The van der Waals surface area contributed by atoms with Crippen molar-refractivity contribution in [2.75, 3.05) is 11.6 Å². The Morgan fingerprint density at radius 1 is 1.29 bits per heavy atom. The molecule has 0 saturated heterocycles. The van der Waals surface area contributed by atoms with Crippen molar-refractivity contribution in [3.63, 3.8) is 0 Å². The van der Waals surface area contributed by atoms with E-state index in [1.54, 1.807) is 0 Å². The molecule has 3 rings (SSSR count). The van der Waals surface area contributed by atoms with Gasteiger partial charge in [-0.1, -0.05) is 28.6 Å². The maximum atomic E-state index is 12.7. The van der Waals surface area contributed by atoms with Crippen molar-refractivity contribution in [3.8, 4) is 0 Å². The number of aromatic nitrogens is 1. The van der Waals surface area contributed by atoms with Gasteiger partial charge in [0.1, 0.15) is 6.10 Å². The average Bonchev–Trinajstić information content (AvgIpc) is 3.33. The summed E-state index contributed by atoms with van der Waals surface area (Å²) < 4.78 is 23.3. The number of benzene rings is 1. The number of sulfone groups is 1. The topological polar surface area (TPSA) is 115 Å². The third-order valence-corrected chi connectivity index (χ3v) is 6.19. The number of thiazole rings is 1. The van der Waals surface area contributed by atoms with Gasteiger partial charge in [0.05, 0.1) is 16.0 Å². The minimum absolute atomic E-state index is 0.00908. The largest absolute Gasteiger partial charge is 0.392 e. The van der Waals surface area contributed by atoms with Crippen LogP contribution in [-0.4, -0.2) is 43.7 Å². The molecular formula is C18H19N3O5S2. The molecule has 1 N–H and O–H groups in total. The number of carbonyl (C=O) groups is 2. The summed E-state index contributed by atoms with van der Waals surface area (Å²) in [6.45, 7) is 0. The number of nitrogens with zero attached hydrogens (tertiary/aromatic N) is 2. The van der Waals surface area contributed by atoms with E-state index in [1.807, 2.05) is 0 Å². The maximum absolute atomic E-state index is 12.7. The van der Waals surface area contributed by atoms with Crippen LogP contribution in [0.2, 0.25) is 0 Å². The fourth-order valence-electron chi connectivity index (χ4n) is 2.76. The van der Waals surface area contributed by atoms with Gasteiger partial charge in [0.25, 0.3) is 5.91 Å². The molecule has 8 nitrogen and oxygen atoms in total. The third-order valence-electron chi connectivity index (χ3n) is 4.23. The van der Waals surface area contributed by atoms with E-state index < -0.39 is 15.7 Å². The molecule has 1 aliphatic carbocycles. The Morgan fingerprint density at radius 2 is 1.96 bits per heavy atom. The summed E-state index contributed by atoms with van der Waals surface area (Å²) in [5.74, 6) is -0.558. The highest BCUT2D eigenvalue weighted by molar-refractivity contribution is 7.90. The SMILES string of the molecule is CS(=O)(=O)c1ccc(/C(=N\OC2CCCC2)C(=O)Nc2ncc(C=O)s2)cc1. The van der Waals surface area contributed by atoms with Gasteiger partial charge in [-0.25, -0.2) is 13.4 Å². The molecule has 1 aromatic carbocycles. The Bertz CT molecular complexity index is 990. The number of anilines is 1. The first kappa shape index (κ1) is 20.2. The summed E-state index contributed by atoms with van der Waals surface area (Å²) in [6, 6.07) is 5.84. The average molecular weight is 422 g/mol. The number of hydrogen-bond acceptors (Lipinski definition) is 8. The van der Waals surface area contributed by atoms with Gasteiger partial charge in [-0.05, 0) is 37.8 Å². The summed E-state index contributed by atoms with van der Waals surface area (Å²) >= 11 is 1.04.